The Kier molecular flexibility index (Phi) is 43.8. The van der Waals surface area contributed by atoms with Gasteiger partial charge in [-0.1, -0.05) is 0 Å². The summed E-state index contributed by atoms with van der Waals surface area (Å²) in [7, 11) is 0. The number of hydrogen-bond donors (Lipinski definition) is 26. The second kappa shape index (κ2) is 49.1. The van der Waals surface area contributed by atoms with Crippen LogP contribution < -0.4 is 140 Å². The molecule has 43 nitrogen and oxygen atoms in total. The van der Waals surface area contributed by atoms with Crippen LogP contribution in [-0.4, -0.2) is 213 Å². The van der Waals surface area contributed by atoms with Crippen molar-refractivity contribution in [2.45, 2.75) is 176 Å². The number of nitrogens with zero attached hydrogens (tertiary/aromatic N) is 7. The highest BCUT2D eigenvalue weighted by atomic mass is 16.4. The van der Waals surface area contributed by atoms with Crippen LogP contribution in [0, 0.1) is 0 Å². The van der Waals surface area contributed by atoms with Crippen LogP contribution in [0.2, 0.25) is 0 Å². The number of primary amides is 1. The van der Waals surface area contributed by atoms with Gasteiger partial charge >= 0.3 is 5.97 Å². The Hall–Kier alpha value is -10.5. The molecule has 0 radical (unpaired) electrons. The summed E-state index contributed by atoms with van der Waals surface area (Å²) in [5.74, 6) is -11.6. The van der Waals surface area contributed by atoms with Gasteiger partial charge in [-0.05, 0) is 122 Å². The number of unbranched alkanes of at least 4 members (excludes halogenated alkanes) is 1. The molecule has 0 bridgehead atoms. The van der Waals surface area contributed by atoms with E-state index in [1.54, 1.807) is 0 Å². The number of carbonyl (C=O) groups excluding carboxylic acids is 9. The highest BCUT2D eigenvalue weighted by molar-refractivity contribution is 5.98. The van der Waals surface area contributed by atoms with E-state index in [-0.39, 0.29) is 190 Å². The van der Waals surface area contributed by atoms with Crippen molar-refractivity contribution in [3.63, 3.8) is 0 Å². The Labute approximate surface area is 556 Å². The first-order chi connectivity index (χ1) is 45.3. The zero-order chi connectivity index (χ0) is 72.7. The van der Waals surface area contributed by atoms with Crippen molar-refractivity contribution in [2.75, 3.05) is 52.4 Å². The van der Waals surface area contributed by atoms with E-state index < -0.39 is 126 Å². The number of amides is 9. The Morgan fingerprint density at radius 1 is 0.271 bits per heavy atom. The minimum absolute atomic E-state index is 0.00161. The molecule has 0 saturated heterocycles. The second-order valence-electron chi connectivity index (χ2n) is 21.9. The smallest absolute Gasteiger partial charge is 0.326 e. The molecule has 0 aliphatic rings. The van der Waals surface area contributed by atoms with Crippen LogP contribution >= 0.6 is 0 Å². The summed E-state index contributed by atoms with van der Waals surface area (Å²) in [5.41, 5.74) is 94.3. The first kappa shape index (κ1) is 85.5. The molecule has 96 heavy (non-hydrogen) atoms. The van der Waals surface area contributed by atoms with Crippen molar-refractivity contribution in [3.8, 4) is 0 Å². The van der Waals surface area contributed by atoms with E-state index in [0.29, 0.717) is 12.8 Å². The molecule has 0 aliphatic heterocycles. The van der Waals surface area contributed by atoms with Gasteiger partial charge in [-0.3, -0.25) is 78.1 Å². The van der Waals surface area contributed by atoms with E-state index in [2.05, 4.69) is 77.5 Å². The van der Waals surface area contributed by atoms with Crippen molar-refractivity contribution >= 4 is 101 Å². The quantitative estimate of drug-likeness (QED) is 0.0153. The molecule has 0 rings (SSSR count). The first-order valence-electron chi connectivity index (χ1n) is 31.1. The molecule has 9 amide bonds. The van der Waals surface area contributed by atoms with Gasteiger partial charge in [-0.2, -0.15) is 0 Å². The van der Waals surface area contributed by atoms with Gasteiger partial charge in [-0.25, -0.2) is 4.79 Å². The molecule has 0 heterocycles. The van der Waals surface area contributed by atoms with E-state index in [1.165, 1.54) is 0 Å². The molecule has 43 N–H and O–H groups in total. The summed E-state index contributed by atoms with van der Waals surface area (Å²) < 4.78 is 0. The third-order valence-electron chi connectivity index (χ3n) is 13.6. The predicted molar refractivity (Wildman–Crippen MR) is 362 cm³/mol. The Bertz CT molecular complexity index is 2680. The van der Waals surface area contributed by atoms with E-state index in [0.717, 1.165) is 0 Å². The zero-order valence-electron chi connectivity index (χ0n) is 54.3. The SMILES string of the molecule is NCCCC[C@H](NC(=O)[C@H](CCCN=C(N)N)NC(=O)[C@H](N)CCCN=C(N)N)C(=O)N[C@@H](CCCN=C(N)N)C(=O)N[C@H](CCCN=C(N)N)C(=O)N[C@@H](CCC(N)=O)C(=O)N[C@@H](CCCN=C(N)N)C(=O)N[C@@H](CCCN=C(N)N)C(=O)N[C@H](CCCN=C(N)N)C(=O)O. The summed E-state index contributed by atoms with van der Waals surface area (Å²) in [4.78, 5) is 166. The highest BCUT2D eigenvalue weighted by Gasteiger charge is 2.35. The highest BCUT2D eigenvalue weighted by Crippen LogP contribution is 2.12. The summed E-state index contributed by atoms with van der Waals surface area (Å²) >= 11 is 0. The lowest BCUT2D eigenvalue weighted by molar-refractivity contribution is -0.142. The average molecular weight is 1370 g/mol. The molecule has 0 saturated carbocycles. The average Bonchev–Trinajstić information content (AvgIpc) is 0.892. The maximum atomic E-state index is 14.7. The maximum absolute atomic E-state index is 14.7. The Morgan fingerprint density at radius 2 is 0.469 bits per heavy atom. The fraction of sp³-hybridized carbons (Fsp3) is 0.679. The molecule has 0 aromatic heterocycles. The molecule has 0 aromatic carbocycles. The van der Waals surface area contributed by atoms with Gasteiger partial charge in [0.2, 0.25) is 53.2 Å². The number of carbonyl (C=O) groups is 10. The number of aliphatic imine (C=N–C) groups is 7. The van der Waals surface area contributed by atoms with Crippen molar-refractivity contribution in [1.82, 2.24) is 42.5 Å². The van der Waals surface area contributed by atoms with E-state index >= 15 is 0 Å². The van der Waals surface area contributed by atoms with Crippen molar-refractivity contribution < 1.29 is 53.1 Å². The topological polar surface area (TPSA) is 816 Å². The zero-order valence-corrected chi connectivity index (χ0v) is 54.3. The Morgan fingerprint density at radius 3 is 0.688 bits per heavy atom. The largest absolute Gasteiger partial charge is 0.480 e. The monoisotopic (exact) mass is 1370 g/mol. The van der Waals surface area contributed by atoms with Crippen LogP contribution in [0.5, 0.6) is 0 Å². The normalized spacial score (nSPS) is 13.5. The molecule has 0 unspecified atom stereocenters. The number of carboxylic acids is 1. The summed E-state index contributed by atoms with van der Waals surface area (Å²) in [6, 6.07) is -13.1. The lowest BCUT2D eigenvalue weighted by atomic mass is 10.0. The fourth-order valence-electron chi connectivity index (χ4n) is 8.78. The summed E-state index contributed by atoms with van der Waals surface area (Å²) in [6.07, 6.45) is -0.531. The molecule has 43 heteroatoms. The molecule has 0 aromatic rings. The molecule has 0 fully saturated rings. The predicted octanol–water partition coefficient (Wildman–Crippen LogP) is -12.0. The lowest BCUT2D eigenvalue weighted by Crippen LogP contribution is -2.60. The van der Waals surface area contributed by atoms with Gasteiger partial charge in [-0.15, -0.1) is 0 Å². The van der Waals surface area contributed by atoms with Crippen LogP contribution in [0.4, 0.5) is 0 Å². The van der Waals surface area contributed by atoms with Gasteiger partial charge in [0.15, 0.2) is 41.7 Å². The number of nitrogens with one attached hydrogen (secondary N) is 8. The van der Waals surface area contributed by atoms with Gasteiger partial charge in [0, 0.05) is 52.2 Å². The van der Waals surface area contributed by atoms with Gasteiger partial charge in [0.05, 0.1) is 6.04 Å². The Balaban J connectivity index is 7.52. The minimum Gasteiger partial charge on any atom is -0.480 e. The minimum atomic E-state index is -1.70. The third kappa shape index (κ3) is 41.9. The molecule has 544 valence electrons. The summed E-state index contributed by atoms with van der Waals surface area (Å²) in [6.45, 7) is 0.222. The number of aliphatic carboxylic acids is 1. The maximum Gasteiger partial charge on any atom is 0.326 e. The van der Waals surface area contributed by atoms with E-state index in [1.807, 2.05) is 0 Å². The standard InChI is InChI=1S/C53H106N32O11/c54-20-2-1-11-29(79-40(89)30(12-4-22-72-48(59)60)78-38(87)28(55)10-3-21-71-47(57)58)39(88)80-31(13-5-23-73-49(61)62)41(90)81-33(15-7-25-75-51(65)66)43(92)84-35(18-19-37(56)86)45(94)83-32(14-6-24-74-50(63)64)42(91)82-34(16-8-26-76-52(67)68)44(93)85-36(46(95)96)17-9-27-77-53(69)70/h28-36H,1-27,54-55H2,(H2,56,86)(H,78,87)(H,79,89)(H,80,88)(H,81,90)(H,82,91)(H,83,94)(H,84,92)(H,85,93)(H,95,96)(H4,57,58,71)(H4,59,60,72)(H4,61,62,73)(H4,63,64,74)(H4,65,66,75)(H4,67,68,76)(H4,69,70,77)/t28-,29+,30+,31+,32+,33-,34+,35+,36-/m1/s1. The third-order valence-corrected chi connectivity index (χ3v) is 13.6. The van der Waals surface area contributed by atoms with Crippen LogP contribution in [0.15, 0.2) is 34.9 Å². The molecule has 0 spiro atoms. The fourth-order valence-corrected chi connectivity index (χ4v) is 8.78. The number of rotatable bonds is 52. The van der Waals surface area contributed by atoms with Gasteiger partial charge in [0.25, 0.3) is 0 Å². The van der Waals surface area contributed by atoms with Crippen molar-refractivity contribution in [3.05, 3.63) is 0 Å². The number of guanidine groups is 7. The van der Waals surface area contributed by atoms with Crippen molar-refractivity contribution in [1.29, 1.82) is 0 Å². The van der Waals surface area contributed by atoms with Crippen molar-refractivity contribution in [2.24, 2.45) is 132 Å². The van der Waals surface area contributed by atoms with Gasteiger partial charge < -0.3 is 145 Å². The van der Waals surface area contributed by atoms with Gasteiger partial charge in [0.1, 0.15) is 48.3 Å². The van der Waals surface area contributed by atoms with Crippen LogP contribution in [0.25, 0.3) is 0 Å². The number of hydrogen-bond acceptors (Lipinski definition) is 19. The molecule has 0 aliphatic carbocycles. The first-order valence-corrected chi connectivity index (χ1v) is 31.1. The number of carboxylic acid groups (broad SMARTS) is 1. The second-order valence-corrected chi connectivity index (χ2v) is 21.9. The molecular weight excluding hydrogens is 1260 g/mol. The van der Waals surface area contributed by atoms with E-state index in [4.69, 9.17) is 97.5 Å². The molecular formula is C53H106N32O11. The van der Waals surface area contributed by atoms with Crippen LogP contribution in [0.1, 0.15) is 122 Å². The summed E-state index contributed by atoms with van der Waals surface area (Å²) in [5, 5.41) is 30.5. The van der Waals surface area contributed by atoms with E-state index in [9.17, 15) is 53.1 Å². The number of nitrogens with two attached hydrogens (primary N) is 17. The van der Waals surface area contributed by atoms with Crippen LogP contribution in [-0.2, 0) is 47.9 Å². The lowest BCUT2D eigenvalue weighted by Gasteiger charge is -2.28. The molecule has 9 atom stereocenters. The van der Waals surface area contributed by atoms with Crippen LogP contribution in [0.3, 0.4) is 0 Å².